The highest BCUT2D eigenvalue weighted by molar-refractivity contribution is 6.36. The Morgan fingerprint density at radius 2 is 1.75 bits per heavy atom. The lowest BCUT2D eigenvalue weighted by molar-refractivity contribution is 0.0944. The first kappa shape index (κ1) is 18.2. The predicted octanol–water partition coefficient (Wildman–Crippen LogP) is 4.03. The number of anilines is 1. The molecule has 0 radical (unpaired) electrons. The molecule has 1 aromatic heterocycles. The molecule has 0 aliphatic carbocycles. The highest BCUT2D eigenvalue weighted by Crippen LogP contribution is 2.25. The van der Waals surface area contributed by atoms with Crippen molar-refractivity contribution in [3.05, 3.63) is 57.8 Å². The van der Waals surface area contributed by atoms with Gasteiger partial charge < -0.3 is 10.6 Å². The maximum absolute atomic E-state index is 12.3. The number of nitrogens with zero attached hydrogens (tertiary/aromatic N) is 1. The highest BCUT2D eigenvalue weighted by atomic mass is 35.5. The molecule has 7 heteroatoms. The Labute approximate surface area is 150 Å². The van der Waals surface area contributed by atoms with E-state index in [4.69, 9.17) is 23.2 Å². The van der Waals surface area contributed by atoms with Gasteiger partial charge in [0.2, 0.25) is 0 Å². The zero-order valence-electron chi connectivity index (χ0n) is 13.3. The molecule has 126 valence electrons. The lowest BCUT2D eigenvalue weighted by Crippen LogP contribution is -2.28. The van der Waals surface area contributed by atoms with Crippen LogP contribution in [0.25, 0.3) is 0 Å². The van der Waals surface area contributed by atoms with Gasteiger partial charge in [0.15, 0.2) is 0 Å². The van der Waals surface area contributed by atoms with Gasteiger partial charge in [-0.25, -0.2) is 4.98 Å². The molecule has 1 heterocycles. The first-order chi connectivity index (χ1) is 11.4. The van der Waals surface area contributed by atoms with Gasteiger partial charge in [-0.15, -0.1) is 0 Å². The van der Waals surface area contributed by atoms with Crippen molar-refractivity contribution in [1.29, 1.82) is 0 Å². The number of rotatable bonds is 5. The maximum Gasteiger partial charge on any atom is 0.274 e. The van der Waals surface area contributed by atoms with Crippen molar-refractivity contribution in [1.82, 2.24) is 10.3 Å². The third-order valence-corrected chi connectivity index (χ3v) is 3.61. The van der Waals surface area contributed by atoms with E-state index in [2.05, 4.69) is 15.6 Å². The van der Waals surface area contributed by atoms with Crippen LogP contribution in [0.1, 0.15) is 34.8 Å². The first-order valence-corrected chi connectivity index (χ1v) is 8.14. The fourth-order valence-corrected chi connectivity index (χ4v) is 2.31. The molecule has 2 N–H and O–H groups in total. The molecule has 0 saturated heterocycles. The zero-order chi connectivity index (χ0) is 17.7. The van der Waals surface area contributed by atoms with Crippen molar-refractivity contribution in [2.45, 2.75) is 13.8 Å². The average Bonchev–Trinajstić information content (AvgIpc) is 2.55. The fraction of sp³-hybridized carbons (Fsp3) is 0.235. The Bertz CT molecular complexity index is 763. The third-order valence-electron chi connectivity index (χ3n) is 3.06. The van der Waals surface area contributed by atoms with Gasteiger partial charge in [-0.1, -0.05) is 43.1 Å². The van der Waals surface area contributed by atoms with Gasteiger partial charge >= 0.3 is 0 Å². The molecule has 0 unspecified atom stereocenters. The van der Waals surface area contributed by atoms with Crippen LogP contribution in [0.5, 0.6) is 0 Å². The zero-order valence-corrected chi connectivity index (χ0v) is 14.8. The summed E-state index contributed by atoms with van der Waals surface area (Å²) in [7, 11) is 0. The van der Waals surface area contributed by atoms with Gasteiger partial charge in [-0.05, 0) is 36.2 Å². The molecule has 0 spiro atoms. The Balaban J connectivity index is 2.12. The van der Waals surface area contributed by atoms with E-state index in [1.165, 1.54) is 12.1 Å². The third kappa shape index (κ3) is 4.94. The summed E-state index contributed by atoms with van der Waals surface area (Å²) in [6, 6.07) is 9.44. The van der Waals surface area contributed by atoms with E-state index in [9.17, 15) is 9.59 Å². The van der Waals surface area contributed by atoms with Crippen molar-refractivity contribution in [2.24, 2.45) is 5.92 Å². The molecule has 0 fully saturated rings. The summed E-state index contributed by atoms with van der Waals surface area (Å²) >= 11 is 11.9. The van der Waals surface area contributed by atoms with Crippen LogP contribution in [0.2, 0.25) is 10.0 Å². The van der Waals surface area contributed by atoms with Crippen molar-refractivity contribution >= 4 is 40.7 Å². The molecule has 0 bridgehead atoms. The van der Waals surface area contributed by atoms with Crippen LogP contribution in [0.3, 0.4) is 0 Å². The number of hydrogen-bond donors (Lipinski definition) is 2. The van der Waals surface area contributed by atoms with E-state index >= 15 is 0 Å². The Hall–Kier alpha value is -2.11. The summed E-state index contributed by atoms with van der Waals surface area (Å²) in [5.74, 6) is -0.451. The second-order valence-corrected chi connectivity index (χ2v) is 6.43. The number of halogens is 2. The lowest BCUT2D eigenvalue weighted by Gasteiger charge is -2.09. The molecule has 0 atom stereocenters. The summed E-state index contributed by atoms with van der Waals surface area (Å²) in [6.07, 6.45) is 0. The molecule has 0 saturated carbocycles. The summed E-state index contributed by atoms with van der Waals surface area (Å²) in [6.45, 7) is 4.53. The topological polar surface area (TPSA) is 71.1 Å². The minimum absolute atomic E-state index is 0.123. The summed E-state index contributed by atoms with van der Waals surface area (Å²) < 4.78 is 0. The monoisotopic (exact) mass is 365 g/mol. The van der Waals surface area contributed by atoms with Crippen LogP contribution in [-0.4, -0.2) is 23.3 Å². The van der Waals surface area contributed by atoms with Crippen LogP contribution < -0.4 is 10.6 Å². The number of nitrogens with one attached hydrogen (secondary N) is 2. The number of carbonyl (C=O) groups is 2. The van der Waals surface area contributed by atoms with Gasteiger partial charge in [0, 0.05) is 11.6 Å². The van der Waals surface area contributed by atoms with E-state index in [0.717, 1.165) is 0 Å². The average molecular weight is 366 g/mol. The summed E-state index contributed by atoms with van der Waals surface area (Å²) in [5, 5.41) is 6.20. The number of benzene rings is 1. The molecule has 2 amide bonds. The van der Waals surface area contributed by atoms with E-state index < -0.39 is 5.91 Å². The smallest absolute Gasteiger partial charge is 0.274 e. The van der Waals surface area contributed by atoms with Crippen molar-refractivity contribution < 1.29 is 9.59 Å². The number of hydrogen-bond acceptors (Lipinski definition) is 3. The van der Waals surface area contributed by atoms with Gasteiger partial charge in [-0.2, -0.15) is 0 Å². The number of carbonyl (C=O) groups excluding carboxylic acids is 2. The van der Waals surface area contributed by atoms with Crippen LogP contribution in [0.4, 0.5) is 5.69 Å². The van der Waals surface area contributed by atoms with Gasteiger partial charge in [0.25, 0.3) is 11.8 Å². The second-order valence-electron chi connectivity index (χ2n) is 5.59. The Kier molecular flexibility index (Phi) is 6.17. The summed E-state index contributed by atoms with van der Waals surface area (Å²) in [4.78, 5) is 28.4. The SMILES string of the molecule is CC(C)CNC(=O)c1cccc(C(=O)Nc2ccc(Cl)cc2Cl)n1. The molecule has 1 aromatic carbocycles. The molecular formula is C17H17Cl2N3O2. The largest absolute Gasteiger partial charge is 0.350 e. The normalized spacial score (nSPS) is 10.5. The lowest BCUT2D eigenvalue weighted by atomic mass is 10.2. The van der Waals surface area contributed by atoms with E-state index in [1.54, 1.807) is 24.3 Å². The van der Waals surface area contributed by atoms with Crippen LogP contribution >= 0.6 is 23.2 Å². The van der Waals surface area contributed by atoms with Gasteiger partial charge in [0.05, 0.1) is 10.7 Å². The first-order valence-electron chi connectivity index (χ1n) is 7.38. The highest BCUT2D eigenvalue weighted by Gasteiger charge is 2.14. The van der Waals surface area contributed by atoms with E-state index in [0.29, 0.717) is 28.2 Å². The van der Waals surface area contributed by atoms with Crippen LogP contribution in [0, 0.1) is 5.92 Å². The minimum atomic E-state index is -0.460. The standard InChI is InChI=1S/C17H17Cl2N3O2/c1-10(2)9-20-16(23)14-4-3-5-15(21-14)17(24)22-13-7-6-11(18)8-12(13)19/h3-8,10H,9H2,1-2H3,(H,20,23)(H,22,24). The molecular weight excluding hydrogens is 349 g/mol. The van der Waals surface area contributed by atoms with Crippen molar-refractivity contribution in [3.8, 4) is 0 Å². The Morgan fingerprint density at radius 3 is 2.38 bits per heavy atom. The predicted molar refractivity (Wildman–Crippen MR) is 95.8 cm³/mol. The van der Waals surface area contributed by atoms with Gasteiger partial charge in [-0.3, -0.25) is 9.59 Å². The fourth-order valence-electron chi connectivity index (χ4n) is 1.85. The Morgan fingerprint density at radius 1 is 1.08 bits per heavy atom. The van der Waals surface area contributed by atoms with Gasteiger partial charge in [0.1, 0.15) is 11.4 Å². The van der Waals surface area contributed by atoms with E-state index in [1.807, 2.05) is 13.8 Å². The molecule has 5 nitrogen and oxygen atoms in total. The van der Waals surface area contributed by atoms with Crippen molar-refractivity contribution in [2.75, 3.05) is 11.9 Å². The summed E-state index contributed by atoms with van der Waals surface area (Å²) in [5.41, 5.74) is 0.728. The molecule has 24 heavy (non-hydrogen) atoms. The molecule has 0 aliphatic rings. The number of pyridine rings is 1. The number of amides is 2. The molecule has 2 aromatic rings. The number of aromatic nitrogens is 1. The second kappa shape index (κ2) is 8.13. The molecule has 2 rings (SSSR count). The molecule has 0 aliphatic heterocycles. The quantitative estimate of drug-likeness (QED) is 0.840. The van der Waals surface area contributed by atoms with E-state index in [-0.39, 0.29) is 17.3 Å². The van der Waals surface area contributed by atoms with Crippen LogP contribution in [0.15, 0.2) is 36.4 Å². The van der Waals surface area contributed by atoms with Crippen LogP contribution in [-0.2, 0) is 0 Å². The minimum Gasteiger partial charge on any atom is -0.350 e. The maximum atomic E-state index is 12.3. The van der Waals surface area contributed by atoms with Crippen molar-refractivity contribution in [3.63, 3.8) is 0 Å².